The zero-order valence-electron chi connectivity index (χ0n) is 19.8. The largest absolute Gasteiger partial charge is 0.490 e. The highest BCUT2D eigenvalue weighted by molar-refractivity contribution is 5.94. The molecule has 0 unspecified atom stereocenters. The molecule has 192 valence electrons. The molecule has 0 atom stereocenters. The summed E-state index contributed by atoms with van der Waals surface area (Å²) >= 11 is 0. The molecule has 1 fully saturated rings. The highest BCUT2D eigenvalue weighted by atomic mass is 19.4. The van der Waals surface area contributed by atoms with Crippen LogP contribution in [0.2, 0.25) is 0 Å². The molecule has 0 radical (unpaired) electrons. The van der Waals surface area contributed by atoms with Gasteiger partial charge in [-0.2, -0.15) is 13.2 Å². The van der Waals surface area contributed by atoms with E-state index in [-0.39, 0.29) is 11.4 Å². The zero-order chi connectivity index (χ0) is 26.1. The van der Waals surface area contributed by atoms with E-state index in [0.717, 1.165) is 67.6 Å². The van der Waals surface area contributed by atoms with E-state index in [4.69, 9.17) is 14.3 Å². The van der Waals surface area contributed by atoms with E-state index < -0.39 is 12.1 Å². The van der Waals surface area contributed by atoms with Gasteiger partial charge in [0.25, 0.3) is 5.91 Å². The number of amides is 1. The number of nitrogens with zero attached hydrogens (tertiary/aromatic N) is 5. The van der Waals surface area contributed by atoms with Crippen LogP contribution in [0, 0.1) is 6.92 Å². The van der Waals surface area contributed by atoms with E-state index in [1.54, 1.807) is 6.26 Å². The van der Waals surface area contributed by atoms with Gasteiger partial charge >= 0.3 is 12.1 Å². The number of aromatic nitrogens is 3. The van der Waals surface area contributed by atoms with Gasteiger partial charge in [-0.05, 0) is 51.1 Å². The molecule has 1 amide bonds. The number of carbonyl (C=O) groups excluding carboxylic acids is 1. The molecular weight excluding hydrogens is 479 g/mol. The molecule has 2 aliphatic heterocycles. The third-order valence-electron chi connectivity index (χ3n) is 6.41. The highest BCUT2D eigenvalue weighted by Crippen LogP contribution is 2.39. The Morgan fingerprint density at radius 2 is 1.81 bits per heavy atom. The van der Waals surface area contributed by atoms with Crippen molar-refractivity contribution >= 4 is 11.9 Å². The third kappa shape index (κ3) is 5.13. The van der Waals surface area contributed by atoms with Gasteiger partial charge in [-0.1, -0.05) is 17.7 Å². The van der Waals surface area contributed by atoms with Gasteiger partial charge in [0.2, 0.25) is 0 Å². The van der Waals surface area contributed by atoms with Crippen molar-refractivity contribution in [1.82, 2.24) is 24.6 Å². The summed E-state index contributed by atoms with van der Waals surface area (Å²) in [6, 6.07) is 11.6. The summed E-state index contributed by atoms with van der Waals surface area (Å²) in [4.78, 5) is 26.2. The predicted octanol–water partition coefficient (Wildman–Crippen LogP) is 3.56. The van der Waals surface area contributed by atoms with E-state index in [1.807, 2.05) is 48.2 Å². The van der Waals surface area contributed by atoms with E-state index in [0.29, 0.717) is 0 Å². The fourth-order valence-electron chi connectivity index (χ4n) is 4.82. The van der Waals surface area contributed by atoms with Crippen LogP contribution in [0.5, 0.6) is 0 Å². The third-order valence-corrected chi connectivity index (χ3v) is 6.41. The van der Waals surface area contributed by atoms with E-state index in [2.05, 4.69) is 26.7 Å². The first-order valence-electron chi connectivity index (χ1n) is 11.3. The van der Waals surface area contributed by atoms with Crippen LogP contribution >= 0.6 is 0 Å². The number of furan rings is 1. The second-order valence-corrected chi connectivity index (χ2v) is 9.11. The monoisotopic (exact) mass is 505 g/mol. The second kappa shape index (κ2) is 9.76. The maximum atomic E-state index is 13.0. The molecule has 12 heteroatoms. The van der Waals surface area contributed by atoms with Gasteiger partial charge in [-0.25, -0.2) is 4.79 Å². The van der Waals surface area contributed by atoms with Gasteiger partial charge in [0.05, 0.1) is 18.3 Å². The number of rotatable bonds is 2. The quantitative estimate of drug-likeness (QED) is 0.568. The summed E-state index contributed by atoms with van der Waals surface area (Å²) in [6.07, 6.45) is -1.68. The molecule has 0 aliphatic carbocycles. The van der Waals surface area contributed by atoms with E-state index in [1.165, 1.54) is 0 Å². The first-order valence-corrected chi connectivity index (χ1v) is 11.3. The van der Waals surface area contributed by atoms with Crippen molar-refractivity contribution in [2.24, 2.45) is 0 Å². The predicted molar refractivity (Wildman–Crippen MR) is 122 cm³/mol. The molecule has 2 aromatic heterocycles. The minimum Gasteiger partial charge on any atom is -0.475 e. The summed E-state index contributed by atoms with van der Waals surface area (Å²) in [5.41, 5.74) is 1.75. The average Bonchev–Trinajstić information content (AvgIpc) is 3.49. The van der Waals surface area contributed by atoms with Gasteiger partial charge < -0.3 is 14.4 Å². The van der Waals surface area contributed by atoms with Crippen LogP contribution < -0.4 is 0 Å². The van der Waals surface area contributed by atoms with Crippen LogP contribution in [0.15, 0.2) is 47.1 Å². The number of alkyl halides is 3. The maximum absolute atomic E-state index is 13.0. The normalized spacial score (nSPS) is 17.3. The molecule has 2 aliphatic rings. The SMILES string of the molecule is Cc1cccc(C(=O)N2CCC3(CC2)CN(C)Cc2nnc(-c4ccco4)n23)c1.O=C(O)C(F)(F)F. The number of carboxylic acids is 1. The Morgan fingerprint density at radius 1 is 1.11 bits per heavy atom. The number of hydrogen-bond acceptors (Lipinski definition) is 6. The summed E-state index contributed by atoms with van der Waals surface area (Å²) in [5.74, 6) is -0.151. The lowest BCUT2D eigenvalue weighted by Gasteiger charge is -2.48. The Kier molecular flexibility index (Phi) is 6.90. The van der Waals surface area contributed by atoms with Crippen molar-refractivity contribution < 1.29 is 32.3 Å². The van der Waals surface area contributed by atoms with Crippen molar-refractivity contribution in [1.29, 1.82) is 0 Å². The number of hydrogen-bond donors (Lipinski definition) is 1. The summed E-state index contributed by atoms with van der Waals surface area (Å²) in [6.45, 7) is 5.13. The lowest BCUT2D eigenvalue weighted by molar-refractivity contribution is -0.192. The Morgan fingerprint density at radius 3 is 2.39 bits per heavy atom. The minimum absolute atomic E-state index is 0.114. The Labute approximate surface area is 205 Å². The molecule has 5 rings (SSSR count). The standard InChI is InChI=1S/C22H25N5O2.C2HF3O2/c1-16-5-3-6-17(13-16)21(28)26-10-8-22(9-11-26)15-25(2)14-19-23-24-20(27(19)22)18-7-4-12-29-18;3-2(4,5)1(6)7/h3-7,12-13H,8-11,14-15H2,1-2H3;(H,6,7). The number of aryl methyl sites for hydroxylation is 1. The Bertz CT molecular complexity index is 1230. The molecule has 1 N–H and O–H groups in total. The first-order chi connectivity index (χ1) is 17.0. The fourth-order valence-corrected chi connectivity index (χ4v) is 4.82. The molecule has 9 nitrogen and oxygen atoms in total. The van der Waals surface area contributed by atoms with Crippen LogP contribution in [-0.2, 0) is 16.9 Å². The van der Waals surface area contributed by atoms with Crippen molar-refractivity contribution in [3.8, 4) is 11.6 Å². The molecule has 0 saturated carbocycles. The number of aliphatic carboxylic acids is 1. The molecule has 4 heterocycles. The number of piperidine rings is 1. The van der Waals surface area contributed by atoms with Crippen molar-refractivity contribution in [2.75, 3.05) is 26.7 Å². The van der Waals surface area contributed by atoms with E-state index in [9.17, 15) is 18.0 Å². The number of likely N-dealkylation sites (N-methyl/N-ethyl adjacent to an activating group) is 1. The molecular formula is C24H26F3N5O4. The Hall–Kier alpha value is -3.67. The van der Waals surface area contributed by atoms with Gasteiger partial charge in [0.15, 0.2) is 11.6 Å². The number of halogens is 3. The first kappa shape index (κ1) is 25.4. The minimum atomic E-state index is -5.08. The van der Waals surface area contributed by atoms with Crippen molar-refractivity contribution in [3.05, 3.63) is 59.6 Å². The molecule has 1 spiro atoms. The maximum Gasteiger partial charge on any atom is 0.490 e. The molecule has 3 aromatic rings. The van der Waals surface area contributed by atoms with Gasteiger partial charge in [0, 0.05) is 25.2 Å². The van der Waals surface area contributed by atoms with Crippen LogP contribution in [0.3, 0.4) is 0 Å². The van der Waals surface area contributed by atoms with E-state index >= 15 is 0 Å². The molecule has 1 saturated heterocycles. The number of fused-ring (bicyclic) bond motifs is 2. The highest BCUT2D eigenvalue weighted by Gasteiger charge is 2.44. The van der Waals surface area contributed by atoms with Gasteiger partial charge in [-0.3, -0.25) is 14.3 Å². The smallest absolute Gasteiger partial charge is 0.475 e. The number of carboxylic acid groups (broad SMARTS) is 1. The fraction of sp³-hybridized carbons (Fsp3) is 0.417. The van der Waals surface area contributed by atoms with Gasteiger partial charge in [-0.15, -0.1) is 10.2 Å². The van der Waals surface area contributed by atoms with Crippen molar-refractivity contribution in [2.45, 2.75) is 38.0 Å². The lowest BCUT2D eigenvalue weighted by atomic mass is 9.84. The molecule has 1 aromatic carbocycles. The molecule has 36 heavy (non-hydrogen) atoms. The number of benzene rings is 1. The van der Waals surface area contributed by atoms with Crippen LogP contribution in [0.25, 0.3) is 11.6 Å². The Balaban J connectivity index is 0.000000384. The molecule has 0 bridgehead atoms. The summed E-state index contributed by atoms with van der Waals surface area (Å²) in [5, 5.41) is 16.0. The second-order valence-electron chi connectivity index (χ2n) is 9.11. The van der Waals surface area contributed by atoms with Gasteiger partial charge in [0.1, 0.15) is 5.82 Å². The number of carbonyl (C=O) groups is 2. The lowest BCUT2D eigenvalue weighted by Crippen LogP contribution is -2.56. The van der Waals surface area contributed by atoms with Crippen LogP contribution in [0.1, 0.15) is 34.6 Å². The van der Waals surface area contributed by atoms with Crippen molar-refractivity contribution in [3.63, 3.8) is 0 Å². The summed E-state index contributed by atoms with van der Waals surface area (Å²) in [7, 11) is 2.12. The van der Waals surface area contributed by atoms with Crippen LogP contribution in [-0.4, -0.2) is 74.4 Å². The topological polar surface area (TPSA) is 105 Å². The number of likely N-dealkylation sites (tertiary alicyclic amines) is 1. The average molecular weight is 505 g/mol. The zero-order valence-corrected chi connectivity index (χ0v) is 19.8. The summed E-state index contributed by atoms with van der Waals surface area (Å²) < 4.78 is 39.6. The van der Waals surface area contributed by atoms with Crippen LogP contribution in [0.4, 0.5) is 13.2 Å².